The fourth-order valence-electron chi connectivity index (χ4n) is 3.85. The van der Waals surface area contributed by atoms with Crippen molar-refractivity contribution in [3.63, 3.8) is 0 Å². The minimum atomic E-state index is -1.63. The van der Waals surface area contributed by atoms with Crippen LogP contribution in [0.3, 0.4) is 0 Å². The van der Waals surface area contributed by atoms with Gasteiger partial charge in [-0.2, -0.15) is 11.8 Å². The fourth-order valence-corrected chi connectivity index (χ4v) is 4.83. The smallest absolute Gasteiger partial charge is 0.249 e. The Labute approximate surface area is 225 Å². The molecule has 1 aromatic rings. The van der Waals surface area contributed by atoms with Gasteiger partial charge in [0.15, 0.2) is 12.1 Å². The Kier molecular flexibility index (Phi) is 14.5. The summed E-state index contributed by atoms with van der Waals surface area (Å²) in [5.74, 6) is -0.443. The zero-order valence-corrected chi connectivity index (χ0v) is 22.4. The van der Waals surface area contributed by atoms with Gasteiger partial charge in [-0.15, -0.1) is 5.10 Å². The monoisotopic (exact) mass is 563 g/mol. The number of hydrogen-bond donors (Lipinski definition) is 8. The molecule has 0 aromatic carbocycles. The number of hydrogen-bond acceptors (Lipinski definition) is 12. The molecule has 0 saturated carbocycles. The van der Waals surface area contributed by atoms with Crippen molar-refractivity contribution in [2.75, 3.05) is 23.4 Å². The van der Waals surface area contributed by atoms with Crippen LogP contribution < -0.4 is 10.6 Å². The van der Waals surface area contributed by atoms with Gasteiger partial charge in [-0.25, -0.2) is 4.68 Å². The second kappa shape index (κ2) is 17.0. The van der Waals surface area contributed by atoms with E-state index in [1.807, 2.05) is 0 Å². The first-order valence-corrected chi connectivity index (χ1v) is 14.1. The van der Waals surface area contributed by atoms with Crippen molar-refractivity contribution < 1.29 is 45.0 Å². The van der Waals surface area contributed by atoms with Crippen LogP contribution in [-0.2, 0) is 20.9 Å². The van der Waals surface area contributed by atoms with E-state index >= 15 is 0 Å². The summed E-state index contributed by atoms with van der Waals surface area (Å²) in [5.41, 5.74) is 0. The Morgan fingerprint density at radius 2 is 1.82 bits per heavy atom. The first-order valence-electron chi connectivity index (χ1n) is 12.9. The molecule has 1 aromatic heterocycles. The van der Waals surface area contributed by atoms with Crippen LogP contribution >= 0.6 is 11.8 Å². The van der Waals surface area contributed by atoms with Gasteiger partial charge in [0.05, 0.1) is 25.5 Å². The number of nitrogens with one attached hydrogen (secondary N) is 2. The molecular weight excluding hydrogens is 522 g/mol. The van der Waals surface area contributed by atoms with E-state index in [4.69, 9.17) is 9.84 Å². The number of aromatic nitrogens is 3. The Bertz CT molecular complexity index is 848. The number of ether oxygens (including phenoxy) is 1. The molecule has 15 heteroatoms. The summed E-state index contributed by atoms with van der Waals surface area (Å²) in [6.45, 7) is 1.51. The number of carbonyl (C=O) groups is 2. The van der Waals surface area contributed by atoms with Crippen LogP contribution in [0.15, 0.2) is 6.20 Å². The molecule has 14 nitrogen and oxygen atoms in total. The normalized spacial score (nSPS) is 23.7. The zero-order valence-electron chi connectivity index (χ0n) is 21.6. The Morgan fingerprint density at radius 1 is 1.11 bits per heavy atom. The molecule has 5 unspecified atom stereocenters. The topological polar surface area (TPSA) is 220 Å². The van der Waals surface area contributed by atoms with Crippen molar-refractivity contribution in [1.82, 2.24) is 20.3 Å². The minimum absolute atomic E-state index is 0.0470. The predicted molar refractivity (Wildman–Crippen MR) is 138 cm³/mol. The van der Waals surface area contributed by atoms with Crippen LogP contribution in [0.1, 0.15) is 51.9 Å². The van der Waals surface area contributed by atoms with Crippen molar-refractivity contribution in [1.29, 1.82) is 0 Å². The molecule has 0 radical (unpaired) electrons. The number of thioether (sulfide) groups is 1. The Morgan fingerprint density at radius 3 is 2.47 bits per heavy atom. The van der Waals surface area contributed by atoms with Crippen LogP contribution in [0.5, 0.6) is 0 Å². The van der Waals surface area contributed by atoms with Gasteiger partial charge in [0.1, 0.15) is 30.5 Å². The summed E-state index contributed by atoms with van der Waals surface area (Å²) in [7, 11) is 0. The highest BCUT2D eigenvalue weighted by molar-refractivity contribution is 7.99. The summed E-state index contributed by atoms with van der Waals surface area (Å²) in [4.78, 5) is 25.4. The summed E-state index contributed by atoms with van der Waals surface area (Å²) in [6.07, 6.45) is -0.474. The molecule has 2 amide bonds. The molecule has 0 spiro atoms. The zero-order chi connectivity index (χ0) is 28.1. The van der Waals surface area contributed by atoms with Gasteiger partial charge >= 0.3 is 0 Å². The molecule has 2 rings (SSSR count). The summed E-state index contributed by atoms with van der Waals surface area (Å²) >= 11 is 1.20. The second-order valence-electron chi connectivity index (χ2n) is 9.37. The van der Waals surface area contributed by atoms with Crippen LogP contribution in [0.4, 0.5) is 5.82 Å². The van der Waals surface area contributed by atoms with E-state index in [9.17, 15) is 35.1 Å². The first-order chi connectivity index (χ1) is 18.2. The van der Waals surface area contributed by atoms with E-state index in [1.165, 1.54) is 22.6 Å². The molecule has 1 aliphatic heterocycles. The maximum absolute atomic E-state index is 12.9. The largest absolute Gasteiger partial charge is 0.394 e. The highest BCUT2D eigenvalue weighted by Gasteiger charge is 2.45. The molecule has 1 saturated heterocycles. The quantitative estimate of drug-likeness (QED) is 0.0941. The van der Waals surface area contributed by atoms with Gasteiger partial charge < -0.3 is 46.0 Å². The van der Waals surface area contributed by atoms with Gasteiger partial charge in [-0.05, 0) is 6.42 Å². The van der Waals surface area contributed by atoms with Gasteiger partial charge in [-0.1, -0.05) is 44.2 Å². The van der Waals surface area contributed by atoms with E-state index < -0.39 is 55.4 Å². The first kappa shape index (κ1) is 32.4. The number of nitrogens with zero attached hydrogens (tertiary/aromatic N) is 3. The molecule has 38 heavy (non-hydrogen) atoms. The van der Waals surface area contributed by atoms with E-state index in [2.05, 4.69) is 27.9 Å². The summed E-state index contributed by atoms with van der Waals surface area (Å²) < 4.78 is 6.16. The highest BCUT2D eigenvalue weighted by Crippen LogP contribution is 2.23. The third-order valence-electron chi connectivity index (χ3n) is 6.03. The van der Waals surface area contributed by atoms with E-state index in [0.717, 1.165) is 32.1 Å². The van der Waals surface area contributed by atoms with Crippen LogP contribution in [0.25, 0.3) is 0 Å². The Balaban J connectivity index is 1.90. The van der Waals surface area contributed by atoms with Crippen LogP contribution in [-0.4, -0.2) is 118 Å². The van der Waals surface area contributed by atoms with Crippen molar-refractivity contribution in [2.24, 2.45) is 0 Å². The van der Waals surface area contributed by atoms with Crippen LogP contribution in [0, 0.1) is 0 Å². The predicted octanol–water partition coefficient (Wildman–Crippen LogP) is -1.66. The standard InChI is InChI=1S/C23H41N5O9S/c1-2-3-4-5-6-7-8-18(32)24-15(13-38-12-14(30)11-29)22(35)25-17-10-28(27-26-17)9-16(31)21-19(33)20(34)23(36)37-21/h10,14-16,19-21,23,29-31,33-34,36H,2-9,11-13H2,1H3,(H,24,32)(H,25,35)/t14?,15?,16?,19-,20-,21?,23?/m0/s1. The van der Waals surface area contributed by atoms with Crippen LogP contribution in [0.2, 0.25) is 0 Å². The van der Waals surface area contributed by atoms with E-state index in [1.54, 1.807) is 0 Å². The number of aliphatic hydroxyl groups is 6. The van der Waals surface area contributed by atoms with E-state index in [0.29, 0.717) is 6.42 Å². The molecular formula is C23H41N5O9S. The van der Waals surface area contributed by atoms with Gasteiger partial charge in [-0.3, -0.25) is 9.59 Å². The van der Waals surface area contributed by atoms with Gasteiger partial charge in [0, 0.05) is 17.9 Å². The summed E-state index contributed by atoms with van der Waals surface area (Å²) in [6, 6.07) is -0.931. The Hall–Kier alpha value is -1.85. The van der Waals surface area contributed by atoms with Crippen molar-refractivity contribution in [3.05, 3.63) is 6.20 Å². The molecule has 1 fully saturated rings. The SMILES string of the molecule is CCCCCCCCC(=O)NC(CSCC(O)CO)C(=O)Nc1cn(CC(O)C2OC(O)[C@@H](O)[C@@H]2O)nn1. The number of aliphatic hydroxyl groups excluding tert-OH is 6. The number of amides is 2. The lowest BCUT2D eigenvalue weighted by atomic mass is 10.1. The number of anilines is 1. The molecule has 0 aliphatic carbocycles. The fraction of sp³-hybridized carbons (Fsp3) is 0.826. The van der Waals surface area contributed by atoms with Gasteiger partial charge in [0.25, 0.3) is 0 Å². The minimum Gasteiger partial charge on any atom is -0.394 e. The maximum atomic E-state index is 12.9. The average molecular weight is 564 g/mol. The lowest BCUT2D eigenvalue weighted by Gasteiger charge is -2.20. The summed E-state index contributed by atoms with van der Waals surface area (Å²) in [5, 5.41) is 70.8. The molecule has 8 N–H and O–H groups in total. The molecule has 0 bridgehead atoms. The van der Waals surface area contributed by atoms with Crippen molar-refractivity contribution in [3.8, 4) is 0 Å². The van der Waals surface area contributed by atoms with E-state index in [-0.39, 0.29) is 36.2 Å². The molecule has 1 aliphatic rings. The number of carbonyl (C=O) groups excluding carboxylic acids is 2. The van der Waals surface area contributed by atoms with Crippen molar-refractivity contribution >= 4 is 29.4 Å². The third kappa shape index (κ3) is 10.7. The lowest BCUT2D eigenvalue weighted by Crippen LogP contribution is -2.45. The third-order valence-corrected chi connectivity index (χ3v) is 7.22. The lowest BCUT2D eigenvalue weighted by molar-refractivity contribution is -0.147. The maximum Gasteiger partial charge on any atom is 0.249 e. The molecule has 7 atom stereocenters. The van der Waals surface area contributed by atoms with Crippen molar-refractivity contribution in [2.45, 2.75) is 101 Å². The second-order valence-corrected chi connectivity index (χ2v) is 10.4. The highest BCUT2D eigenvalue weighted by atomic mass is 32.2. The molecule has 218 valence electrons. The number of rotatable bonds is 18. The van der Waals surface area contributed by atoms with Gasteiger partial charge in [0.2, 0.25) is 11.8 Å². The molecule has 2 heterocycles. The number of unbranched alkanes of at least 4 members (excludes halogenated alkanes) is 5. The average Bonchev–Trinajstić information content (AvgIpc) is 3.43.